The molecule has 0 heterocycles. The summed E-state index contributed by atoms with van der Waals surface area (Å²) in [6.45, 7) is 2.37. The zero-order valence-electron chi connectivity index (χ0n) is 10.4. The first-order valence-electron chi connectivity index (χ1n) is 5.83. The van der Waals surface area contributed by atoms with E-state index in [1.165, 1.54) is 4.90 Å². The van der Waals surface area contributed by atoms with Crippen LogP contribution in [0.4, 0.5) is 5.69 Å². The van der Waals surface area contributed by atoms with Gasteiger partial charge in [0.1, 0.15) is 0 Å². The van der Waals surface area contributed by atoms with Crippen LogP contribution in [0, 0.1) is 6.92 Å². The number of hydrogen-bond acceptors (Lipinski definition) is 3. The Morgan fingerprint density at radius 2 is 1.83 bits per heavy atom. The quantitative estimate of drug-likeness (QED) is 0.793. The molecule has 0 saturated carbocycles. The maximum atomic E-state index is 11.9. The molecule has 5 heteroatoms. The molecule has 0 radical (unpaired) electrons. The first-order valence-corrected chi connectivity index (χ1v) is 5.83. The average Bonchev–Trinajstić information content (AvgIpc) is 2.31. The van der Waals surface area contributed by atoms with Crippen molar-refractivity contribution in [3.8, 4) is 0 Å². The zero-order chi connectivity index (χ0) is 13.5. The molecule has 98 valence electrons. The highest BCUT2D eigenvalue weighted by Gasteiger charge is 2.15. The number of carbonyl (C=O) groups excluding carboxylic acids is 1. The van der Waals surface area contributed by atoms with E-state index < -0.39 is 5.97 Å². The summed E-state index contributed by atoms with van der Waals surface area (Å²) in [7, 11) is 0. The molecule has 1 amide bonds. The number of carbonyl (C=O) groups is 2. The number of nitrogens with two attached hydrogens (primary N) is 1. The minimum atomic E-state index is -0.923. The normalized spacial score (nSPS) is 10.1. The molecule has 0 bridgehead atoms. The van der Waals surface area contributed by atoms with Crippen LogP contribution in [0.2, 0.25) is 0 Å². The van der Waals surface area contributed by atoms with Crippen molar-refractivity contribution in [1.29, 1.82) is 0 Å². The summed E-state index contributed by atoms with van der Waals surface area (Å²) < 4.78 is 0. The first-order chi connectivity index (χ1) is 8.54. The molecule has 0 aromatic heterocycles. The van der Waals surface area contributed by atoms with Crippen LogP contribution in [0.3, 0.4) is 0 Å². The van der Waals surface area contributed by atoms with Crippen molar-refractivity contribution in [1.82, 2.24) is 0 Å². The summed E-state index contributed by atoms with van der Waals surface area (Å²) in [6.07, 6.45) is 0.137. The van der Waals surface area contributed by atoms with Crippen LogP contribution in [0.15, 0.2) is 24.3 Å². The molecule has 0 aliphatic heterocycles. The van der Waals surface area contributed by atoms with Crippen LogP contribution < -0.4 is 10.6 Å². The molecule has 0 spiro atoms. The van der Waals surface area contributed by atoms with Crippen LogP contribution in [0.5, 0.6) is 0 Å². The van der Waals surface area contributed by atoms with Crippen LogP contribution in [0.1, 0.15) is 18.4 Å². The maximum Gasteiger partial charge on any atom is 0.305 e. The van der Waals surface area contributed by atoms with Crippen molar-refractivity contribution in [3.05, 3.63) is 29.8 Å². The molecular formula is C13H18N2O3. The van der Waals surface area contributed by atoms with Crippen LogP contribution in [0.25, 0.3) is 0 Å². The van der Waals surface area contributed by atoms with E-state index in [4.69, 9.17) is 10.8 Å². The fourth-order valence-electron chi connectivity index (χ4n) is 1.59. The van der Waals surface area contributed by atoms with Gasteiger partial charge in [-0.2, -0.15) is 0 Å². The monoisotopic (exact) mass is 250 g/mol. The highest BCUT2D eigenvalue weighted by molar-refractivity contribution is 5.93. The van der Waals surface area contributed by atoms with Gasteiger partial charge in [0, 0.05) is 25.2 Å². The number of aryl methyl sites for hydroxylation is 1. The lowest BCUT2D eigenvalue weighted by molar-refractivity contribution is -0.136. The Hall–Kier alpha value is -1.88. The van der Waals surface area contributed by atoms with Gasteiger partial charge in [0.2, 0.25) is 5.91 Å². The smallest absolute Gasteiger partial charge is 0.305 e. The van der Waals surface area contributed by atoms with Crippen LogP contribution in [-0.2, 0) is 9.59 Å². The van der Waals surface area contributed by atoms with E-state index in [1.807, 2.05) is 31.2 Å². The molecule has 1 aromatic carbocycles. The summed E-state index contributed by atoms with van der Waals surface area (Å²) in [5.74, 6) is -1.07. The minimum absolute atomic E-state index is 0.0792. The fourth-order valence-corrected chi connectivity index (χ4v) is 1.59. The van der Waals surface area contributed by atoms with Crippen LogP contribution >= 0.6 is 0 Å². The molecule has 0 saturated heterocycles. The lowest BCUT2D eigenvalue weighted by Crippen LogP contribution is -2.34. The molecule has 1 rings (SSSR count). The summed E-state index contributed by atoms with van der Waals surface area (Å²) in [4.78, 5) is 24.0. The predicted molar refractivity (Wildman–Crippen MR) is 69.5 cm³/mol. The van der Waals surface area contributed by atoms with Crippen LogP contribution in [-0.4, -0.2) is 30.1 Å². The number of amides is 1. The Labute approximate surface area is 106 Å². The van der Waals surface area contributed by atoms with Gasteiger partial charge in [0.25, 0.3) is 0 Å². The maximum absolute atomic E-state index is 11.9. The minimum Gasteiger partial charge on any atom is -0.481 e. The average molecular weight is 250 g/mol. The molecule has 1 aromatic rings. The number of hydrogen-bond donors (Lipinski definition) is 2. The molecular weight excluding hydrogens is 232 g/mol. The number of aliphatic carboxylic acids is 1. The number of carboxylic acids is 1. The van der Waals surface area contributed by atoms with Crippen molar-refractivity contribution in [2.75, 3.05) is 18.0 Å². The Morgan fingerprint density at radius 3 is 2.33 bits per heavy atom. The van der Waals surface area contributed by atoms with Gasteiger partial charge in [0.05, 0.1) is 6.42 Å². The van der Waals surface area contributed by atoms with Crippen molar-refractivity contribution in [2.24, 2.45) is 5.73 Å². The Kier molecular flexibility index (Phi) is 5.32. The third-order valence-corrected chi connectivity index (χ3v) is 2.55. The summed E-state index contributed by atoms with van der Waals surface area (Å²) in [6, 6.07) is 7.40. The number of rotatable bonds is 6. The summed E-state index contributed by atoms with van der Waals surface area (Å²) in [5, 5.41) is 8.70. The largest absolute Gasteiger partial charge is 0.481 e. The van der Waals surface area contributed by atoms with E-state index in [2.05, 4.69) is 0 Å². The lowest BCUT2D eigenvalue weighted by atomic mass is 10.2. The van der Waals surface area contributed by atoms with E-state index in [0.29, 0.717) is 5.69 Å². The number of benzene rings is 1. The van der Waals surface area contributed by atoms with Gasteiger partial charge in [-0.05, 0) is 19.1 Å². The molecule has 3 N–H and O–H groups in total. The zero-order valence-corrected chi connectivity index (χ0v) is 10.4. The first kappa shape index (κ1) is 14.2. The fraction of sp³-hybridized carbons (Fsp3) is 0.385. The van der Waals surface area contributed by atoms with E-state index >= 15 is 0 Å². The Morgan fingerprint density at radius 1 is 1.22 bits per heavy atom. The second kappa shape index (κ2) is 6.76. The highest BCUT2D eigenvalue weighted by Crippen LogP contribution is 2.16. The van der Waals surface area contributed by atoms with Crippen molar-refractivity contribution < 1.29 is 14.7 Å². The standard InChI is InChI=1S/C13H18N2O3/c1-10-2-4-11(5-3-10)15(9-7-13(17)18)12(16)6-8-14/h2-5H,6-9,14H2,1H3,(H,17,18). The SMILES string of the molecule is Cc1ccc(N(CCC(=O)O)C(=O)CCN)cc1. The molecule has 5 nitrogen and oxygen atoms in total. The van der Waals surface area contributed by atoms with Gasteiger partial charge in [-0.15, -0.1) is 0 Å². The van der Waals surface area contributed by atoms with Crippen molar-refractivity contribution in [3.63, 3.8) is 0 Å². The van der Waals surface area contributed by atoms with Gasteiger partial charge in [-0.3, -0.25) is 9.59 Å². The second-order valence-corrected chi connectivity index (χ2v) is 4.06. The van der Waals surface area contributed by atoms with Gasteiger partial charge in [0.15, 0.2) is 0 Å². The van der Waals surface area contributed by atoms with Gasteiger partial charge < -0.3 is 15.7 Å². The highest BCUT2D eigenvalue weighted by atomic mass is 16.4. The third kappa shape index (κ3) is 4.18. The summed E-state index contributed by atoms with van der Waals surface area (Å²) >= 11 is 0. The molecule has 0 aliphatic rings. The molecule has 0 fully saturated rings. The number of nitrogens with zero attached hydrogens (tertiary/aromatic N) is 1. The Balaban J connectivity index is 2.85. The molecule has 0 aliphatic carbocycles. The van der Waals surface area contributed by atoms with E-state index in [1.54, 1.807) is 0 Å². The number of carboxylic acid groups (broad SMARTS) is 1. The van der Waals surface area contributed by atoms with Crippen molar-refractivity contribution >= 4 is 17.6 Å². The van der Waals surface area contributed by atoms with Gasteiger partial charge in [-0.1, -0.05) is 17.7 Å². The van der Waals surface area contributed by atoms with Gasteiger partial charge in [-0.25, -0.2) is 0 Å². The number of anilines is 1. The second-order valence-electron chi connectivity index (χ2n) is 4.06. The topological polar surface area (TPSA) is 83.6 Å². The van der Waals surface area contributed by atoms with Gasteiger partial charge >= 0.3 is 5.97 Å². The van der Waals surface area contributed by atoms with E-state index in [0.717, 1.165) is 5.56 Å². The predicted octanol–water partition coefficient (Wildman–Crippen LogP) is 1.15. The lowest BCUT2D eigenvalue weighted by Gasteiger charge is -2.22. The third-order valence-electron chi connectivity index (χ3n) is 2.55. The van der Waals surface area contributed by atoms with E-state index in [-0.39, 0.29) is 31.8 Å². The Bertz CT molecular complexity index is 415. The molecule has 0 atom stereocenters. The van der Waals surface area contributed by atoms with E-state index in [9.17, 15) is 9.59 Å². The molecule has 18 heavy (non-hydrogen) atoms. The molecule has 0 unspecified atom stereocenters. The van der Waals surface area contributed by atoms with Crippen molar-refractivity contribution in [2.45, 2.75) is 19.8 Å². The summed E-state index contributed by atoms with van der Waals surface area (Å²) in [5.41, 5.74) is 7.16.